The number of rotatable bonds is 6. The maximum absolute atomic E-state index is 5.66. The molecule has 0 N–H and O–H groups in total. The summed E-state index contributed by atoms with van der Waals surface area (Å²) >= 11 is 0. The van der Waals surface area contributed by atoms with Crippen molar-refractivity contribution in [1.29, 1.82) is 0 Å². The van der Waals surface area contributed by atoms with Crippen molar-refractivity contribution in [2.45, 2.75) is 38.6 Å². The molecule has 6 nitrogen and oxygen atoms in total. The predicted molar refractivity (Wildman–Crippen MR) is 149 cm³/mol. The zero-order chi connectivity index (χ0) is 23.8. The summed E-state index contributed by atoms with van der Waals surface area (Å²) in [6, 6.07) is 9.05. The molecule has 0 aromatic heterocycles. The van der Waals surface area contributed by atoms with Gasteiger partial charge in [-0.1, -0.05) is 6.92 Å². The van der Waals surface area contributed by atoms with E-state index in [1.54, 1.807) is 28.4 Å². The third-order valence-corrected chi connectivity index (χ3v) is 8.11. The van der Waals surface area contributed by atoms with Gasteiger partial charge in [0.25, 0.3) is 0 Å². The number of benzene rings is 2. The average Bonchev–Trinajstić information content (AvgIpc) is 2.88. The number of aliphatic imine (C=N–C) groups is 1. The van der Waals surface area contributed by atoms with Crippen LogP contribution >= 0.6 is 24.8 Å². The highest BCUT2D eigenvalue weighted by Crippen LogP contribution is 2.47. The van der Waals surface area contributed by atoms with Gasteiger partial charge < -0.3 is 18.9 Å². The van der Waals surface area contributed by atoms with Crippen LogP contribution in [0.1, 0.15) is 48.1 Å². The Morgan fingerprint density at radius 2 is 1.42 bits per heavy atom. The molecule has 5 rings (SSSR count). The molecule has 0 saturated carbocycles. The third-order valence-electron chi connectivity index (χ3n) is 8.11. The molecule has 3 aliphatic rings. The molecule has 3 heterocycles. The minimum absolute atomic E-state index is 0. The van der Waals surface area contributed by atoms with E-state index in [-0.39, 0.29) is 24.8 Å². The second kappa shape index (κ2) is 11.9. The molecule has 0 aliphatic carbocycles. The first-order valence-corrected chi connectivity index (χ1v) is 12.3. The lowest BCUT2D eigenvalue weighted by Crippen LogP contribution is -2.46. The topological polar surface area (TPSA) is 52.5 Å². The number of hydrogen-bond donors (Lipinski definition) is 0. The van der Waals surface area contributed by atoms with E-state index in [1.807, 2.05) is 0 Å². The van der Waals surface area contributed by atoms with Crippen molar-refractivity contribution in [1.82, 2.24) is 4.90 Å². The quantitative estimate of drug-likeness (QED) is 0.484. The van der Waals surface area contributed by atoms with E-state index in [2.05, 4.69) is 36.1 Å². The van der Waals surface area contributed by atoms with Crippen LogP contribution in [0.5, 0.6) is 23.0 Å². The molecule has 0 bridgehead atoms. The van der Waals surface area contributed by atoms with E-state index >= 15 is 0 Å². The van der Waals surface area contributed by atoms with Gasteiger partial charge in [0.05, 0.1) is 28.4 Å². The second-order valence-electron chi connectivity index (χ2n) is 9.69. The Balaban J connectivity index is 0.00000180. The van der Waals surface area contributed by atoms with Crippen LogP contribution in [-0.4, -0.2) is 58.7 Å². The van der Waals surface area contributed by atoms with Gasteiger partial charge in [0.15, 0.2) is 23.0 Å². The fourth-order valence-electron chi connectivity index (χ4n) is 6.25. The Morgan fingerprint density at radius 1 is 0.806 bits per heavy atom. The van der Waals surface area contributed by atoms with E-state index in [1.165, 1.54) is 34.4 Å². The van der Waals surface area contributed by atoms with Crippen LogP contribution in [0, 0.1) is 11.8 Å². The number of halogens is 2. The molecule has 0 spiro atoms. The average molecular weight is 538 g/mol. The molecular formula is C28H38Cl2N2O4. The summed E-state index contributed by atoms with van der Waals surface area (Å²) < 4.78 is 22.4. The van der Waals surface area contributed by atoms with Gasteiger partial charge in [-0.05, 0) is 85.0 Å². The van der Waals surface area contributed by atoms with Gasteiger partial charge in [-0.2, -0.15) is 0 Å². The number of piperidine rings is 1. The molecule has 1 saturated heterocycles. The molecule has 2 aromatic carbocycles. The van der Waals surface area contributed by atoms with Crippen LogP contribution < -0.4 is 18.9 Å². The number of fused-ring (bicyclic) bond motifs is 4. The Hall–Kier alpha value is -2.15. The van der Waals surface area contributed by atoms with Gasteiger partial charge in [0.2, 0.25) is 0 Å². The lowest BCUT2D eigenvalue weighted by atomic mass is 9.72. The van der Waals surface area contributed by atoms with Crippen molar-refractivity contribution in [3.8, 4) is 23.0 Å². The first kappa shape index (κ1) is 28.4. The summed E-state index contributed by atoms with van der Waals surface area (Å²) in [7, 11) is 6.83. The highest BCUT2D eigenvalue weighted by Gasteiger charge is 2.40. The third kappa shape index (κ3) is 5.00. The van der Waals surface area contributed by atoms with Crippen LogP contribution in [0.4, 0.5) is 0 Å². The summed E-state index contributed by atoms with van der Waals surface area (Å²) in [5.74, 6) is 4.31. The van der Waals surface area contributed by atoms with Gasteiger partial charge in [-0.3, -0.25) is 9.89 Å². The molecule has 198 valence electrons. The fraction of sp³-hybridized carbons (Fsp3) is 0.536. The molecule has 2 aromatic rings. The van der Waals surface area contributed by atoms with Gasteiger partial charge in [0, 0.05) is 30.4 Å². The lowest BCUT2D eigenvalue weighted by Gasteiger charge is -2.48. The van der Waals surface area contributed by atoms with Crippen molar-refractivity contribution in [3.63, 3.8) is 0 Å². The summed E-state index contributed by atoms with van der Waals surface area (Å²) in [6.07, 6.45) is 4.20. The van der Waals surface area contributed by atoms with Gasteiger partial charge in [-0.25, -0.2) is 0 Å². The highest BCUT2D eigenvalue weighted by atomic mass is 35.5. The van der Waals surface area contributed by atoms with E-state index in [0.717, 1.165) is 61.9 Å². The standard InChI is InChI=1S/C28H36N2O4.2ClH/c1-17-18(12-23-21-15-26(33-4)24(31-2)13-19(21)6-9-29-23)7-10-30-11-8-20-14-25(32-3)27(34-5)16-22(20)28(17)30;;/h13-18,28H,6-12H2,1-5H3;2*1H/t17-,18-,28-;;/m0../s1. The van der Waals surface area contributed by atoms with E-state index in [4.69, 9.17) is 23.9 Å². The Morgan fingerprint density at radius 3 is 2.08 bits per heavy atom. The largest absolute Gasteiger partial charge is 0.493 e. The number of methoxy groups -OCH3 is 4. The van der Waals surface area contributed by atoms with Crippen molar-refractivity contribution < 1.29 is 18.9 Å². The van der Waals surface area contributed by atoms with Crippen LogP contribution in [0.2, 0.25) is 0 Å². The van der Waals surface area contributed by atoms with Gasteiger partial charge in [-0.15, -0.1) is 24.8 Å². The minimum atomic E-state index is 0. The zero-order valence-electron chi connectivity index (χ0n) is 21.8. The predicted octanol–water partition coefficient (Wildman–Crippen LogP) is 5.56. The normalized spacial score (nSPS) is 22.5. The molecule has 3 atom stereocenters. The SMILES string of the molecule is COc1cc2c(cc1OC)C(C[C@@H]1CCN3CCc4cc(OC)c(OC)cc4[C@@H]3[C@H]1C)=NCC2.Cl.Cl. The lowest BCUT2D eigenvalue weighted by molar-refractivity contribution is 0.0512. The molecule has 0 amide bonds. The number of nitrogens with zero attached hydrogens (tertiary/aromatic N) is 2. The summed E-state index contributed by atoms with van der Waals surface area (Å²) in [4.78, 5) is 7.67. The van der Waals surface area contributed by atoms with Crippen LogP contribution in [-0.2, 0) is 12.8 Å². The Kier molecular flexibility index (Phi) is 9.42. The number of ether oxygens (including phenoxy) is 4. The van der Waals surface area contributed by atoms with E-state index in [9.17, 15) is 0 Å². The number of hydrogen-bond acceptors (Lipinski definition) is 6. The van der Waals surface area contributed by atoms with E-state index in [0.29, 0.717) is 17.9 Å². The van der Waals surface area contributed by atoms with Crippen molar-refractivity contribution >= 4 is 30.5 Å². The summed E-state index contributed by atoms with van der Waals surface area (Å²) in [6.45, 7) is 5.49. The molecule has 8 heteroatoms. The minimum Gasteiger partial charge on any atom is -0.493 e. The van der Waals surface area contributed by atoms with Crippen molar-refractivity contribution in [2.24, 2.45) is 16.8 Å². The molecular weight excluding hydrogens is 499 g/mol. The molecule has 0 radical (unpaired) electrons. The van der Waals surface area contributed by atoms with Crippen LogP contribution in [0.25, 0.3) is 0 Å². The molecule has 36 heavy (non-hydrogen) atoms. The van der Waals surface area contributed by atoms with Crippen molar-refractivity contribution in [2.75, 3.05) is 48.1 Å². The van der Waals surface area contributed by atoms with Crippen molar-refractivity contribution in [3.05, 3.63) is 46.5 Å². The van der Waals surface area contributed by atoms with Gasteiger partial charge >= 0.3 is 0 Å². The summed E-state index contributed by atoms with van der Waals surface area (Å²) in [5.41, 5.74) is 6.56. The highest BCUT2D eigenvalue weighted by molar-refractivity contribution is 6.03. The maximum atomic E-state index is 5.66. The van der Waals surface area contributed by atoms with E-state index < -0.39 is 0 Å². The molecule has 0 unspecified atom stereocenters. The van der Waals surface area contributed by atoms with Crippen LogP contribution in [0.3, 0.4) is 0 Å². The second-order valence-corrected chi connectivity index (χ2v) is 9.69. The molecule has 3 aliphatic heterocycles. The maximum Gasteiger partial charge on any atom is 0.161 e. The fourth-order valence-corrected chi connectivity index (χ4v) is 6.25. The zero-order valence-corrected chi connectivity index (χ0v) is 23.5. The Bertz CT molecular complexity index is 1110. The summed E-state index contributed by atoms with van der Waals surface area (Å²) in [5, 5.41) is 0. The first-order chi connectivity index (χ1) is 16.6. The van der Waals surface area contributed by atoms with Crippen LogP contribution in [0.15, 0.2) is 29.3 Å². The first-order valence-electron chi connectivity index (χ1n) is 12.3. The monoisotopic (exact) mass is 536 g/mol. The smallest absolute Gasteiger partial charge is 0.161 e. The molecule has 1 fully saturated rings. The van der Waals surface area contributed by atoms with Gasteiger partial charge in [0.1, 0.15) is 0 Å². The Labute approximate surface area is 227 Å².